The smallest absolute Gasteiger partial charge is 0.434 e. The van der Waals surface area contributed by atoms with Gasteiger partial charge in [0.1, 0.15) is 11.1 Å². The number of hydrogen-bond acceptors (Lipinski definition) is 6. The summed E-state index contributed by atoms with van der Waals surface area (Å²) in [6, 6.07) is 10.4. The first kappa shape index (κ1) is 22.5. The van der Waals surface area contributed by atoms with Gasteiger partial charge >= 0.3 is 12.1 Å². The number of ether oxygens (including phenoxy) is 1. The lowest BCUT2D eigenvalue weighted by atomic mass is 10.1. The predicted octanol–water partition coefficient (Wildman–Crippen LogP) is 4.23. The highest BCUT2D eigenvalue weighted by atomic mass is 19.4. The summed E-state index contributed by atoms with van der Waals surface area (Å²) in [5.74, 6) is -1.91. The third-order valence-corrected chi connectivity index (χ3v) is 4.25. The van der Waals surface area contributed by atoms with Crippen molar-refractivity contribution in [1.82, 2.24) is 9.78 Å². The minimum atomic E-state index is -4.89. The number of rotatable bonds is 6. The highest BCUT2D eigenvalue weighted by Gasteiger charge is 2.41. The van der Waals surface area contributed by atoms with Gasteiger partial charge in [0.15, 0.2) is 5.69 Å². The van der Waals surface area contributed by atoms with Crippen LogP contribution in [0, 0.1) is 10.1 Å². The van der Waals surface area contributed by atoms with Crippen LogP contribution in [0.4, 0.5) is 24.5 Å². The fourth-order valence-electron chi connectivity index (χ4n) is 2.88. The zero-order chi connectivity index (χ0) is 23.5. The van der Waals surface area contributed by atoms with Crippen LogP contribution in [0.1, 0.15) is 33.3 Å². The number of carbonyl (C=O) groups excluding carboxylic acids is 2. The van der Waals surface area contributed by atoms with Gasteiger partial charge in [-0.1, -0.05) is 12.1 Å². The highest BCUT2D eigenvalue weighted by Crippen LogP contribution is 2.34. The SMILES string of the molecule is CCOC(=O)c1cnn(-c2ccc(NC(=O)c3ccccc3[N+](=O)[O-])cc2)c1C(F)(F)F. The molecule has 0 aliphatic heterocycles. The second-order valence-corrected chi connectivity index (χ2v) is 6.31. The van der Waals surface area contributed by atoms with E-state index in [1.165, 1.54) is 55.5 Å². The molecule has 0 atom stereocenters. The van der Waals surface area contributed by atoms with Crippen molar-refractivity contribution in [2.45, 2.75) is 13.1 Å². The third-order valence-electron chi connectivity index (χ3n) is 4.25. The summed E-state index contributed by atoms with van der Waals surface area (Å²) in [6.45, 7) is 1.36. The summed E-state index contributed by atoms with van der Waals surface area (Å²) in [4.78, 5) is 34.6. The lowest BCUT2D eigenvalue weighted by molar-refractivity contribution is -0.385. The van der Waals surface area contributed by atoms with Crippen LogP contribution in [0.15, 0.2) is 54.7 Å². The van der Waals surface area contributed by atoms with Gasteiger partial charge in [-0.15, -0.1) is 0 Å². The molecule has 1 aromatic heterocycles. The van der Waals surface area contributed by atoms with E-state index in [9.17, 15) is 32.9 Å². The summed E-state index contributed by atoms with van der Waals surface area (Å²) >= 11 is 0. The second-order valence-electron chi connectivity index (χ2n) is 6.31. The zero-order valence-corrected chi connectivity index (χ0v) is 16.4. The summed E-state index contributed by atoms with van der Waals surface area (Å²) in [5.41, 5.74) is -2.44. The Morgan fingerprint density at radius 2 is 1.78 bits per heavy atom. The quantitative estimate of drug-likeness (QED) is 0.343. The van der Waals surface area contributed by atoms with Crippen molar-refractivity contribution >= 4 is 23.3 Å². The minimum Gasteiger partial charge on any atom is -0.462 e. The molecule has 0 saturated heterocycles. The Bertz CT molecular complexity index is 1170. The van der Waals surface area contributed by atoms with Gasteiger partial charge in [0.2, 0.25) is 0 Å². The number of nitrogens with one attached hydrogen (secondary N) is 1. The lowest BCUT2D eigenvalue weighted by Crippen LogP contribution is -2.18. The van der Waals surface area contributed by atoms with Crippen molar-refractivity contribution in [3.05, 3.63) is 81.7 Å². The van der Waals surface area contributed by atoms with E-state index in [-0.39, 0.29) is 29.2 Å². The summed E-state index contributed by atoms with van der Waals surface area (Å²) in [7, 11) is 0. The van der Waals surface area contributed by atoms with E-state index in [1.54, 1.807) is 0 Å². The van der Waals surface area contributed by atoms with Gasteiger partial charge in [0, 0.05) is 11.8 Å². The van der Waals surface area contributed by atoms with Gasteiger partial charge in [-0.3, -0.25) is 14.9 Å². The van der Waals surface area contributed by atoms with Crippen LogP contribution in [-0.2, 0) is 10.9 Å². The number of halogens is 3. The first-order chi connectivity index (χ1) is 15.1. The number of nitrogens with zero attached hydrogens (tertiary/aromatic N) is 3. The number of anilines is 1. The number of aromatic nitrogens is 2. The van der Waals surface area contributed by atoms with Crippen LogP contribution in [0.3, 0.4) is 0 Å². The van der Waals surface area contributed by atoms with Gasteiger partial charge in [0.05, 0.1) is 23.4 Å². The van der Waals surface area contributed by atoms with E-state index in [2.05, 4.69) is 15.2 Å². The average Bonchev–Trinajstić information content (AvgIpc) is 3.20. The summed E-state index contributed by atoms with van der Waals surface area (Å²) < 4.78 is 46.0. The molecule has 9 nitrogen and oxygen atoms in total. The molecule has 0 unspecified atom stereocenters. The first-order valence-electron chi connectivity index (χ1n) is 9.11. The second kappa shape index (κ2) is 8.88. The van der Waals surface area contributed by atoms with Crippen molar-refractivity contribution in [2.24, 2.45) is 0 Å². The fourth-order valence-corrected chi connectivity index (χ4v) is 2.88. The maximum atomic E-state index is 13.6. The Kier molecular flexibility index (Phi) is 6.23. The number of alkyl halides is 3. The number of hydrogen-bond donors (Lipinski definition) is 1. The summed E-state index contributed by atoms with van der Waals surface area (Å²) in [6.07, 6.45) is -4.12. The van der Waals surface area contributed by atoms with Crippen molar-refractivity contribution < 1.29 is 32.4 Å². The maximum absolute atomic E-state index is 13.6. The Labute approximate surface area is 178 Å². The van der Waals surface area contributed by atoms with Gasteiger partial charge in [-0.25, -0.2) is 9.48 Å². The predicted molar refractivity (Wildman–Crippen MR) is 106 cm³/mol. The third kappa shape index (κ3) is 4.58. The molecule has 1 N–H and O–H groups in total. The summed E-state index contributed by atoms with van der Waals surface area (Å²) in [5, 5.41) is 17.2. The van der Waals surface area contributed by atoms with E-state index in [0.717, 1.165) is 6.20 Å². The monoisotopic (exact) mass is 448 g/mol. The lowest BCUT2D eigenvalue weighted by Gasteiger charge is -2.13. The molecular weight excluding hydrogens is 433 g/mol. The molecule has 0 aliphatic rings. The highest BCUT2D eigenvalue weighted by molar-refractivity contribution is 6.07. The number of nitro benzene ring substituents is 1. The van der Waals surface area contributed by atoms with Gasteiger partial charge in [0.25, 0.3) is 11.6 Å². The molecule has 3 rings (SSSR count). The van der Waals surface area contributed by atoms with Crippen molar-refractivity contribution in [3.8, 4) is 5.69 Å². The number of amides is 1. The molecule has 0 saturated carbocycles. The largest absolute Gasteiger partial charge is 0.462 e. The molecule has 0 fully saturated rings. The maximum Gasteiger partial charge on any atom is 0.434 e. The Morgan fingerprint density at radius 1 is 1.12 bits per heavy atom. The average molecular weight is 448 g/mol. The Morgan fingerprint density at radius 3 is 2.38 bits per heavy atom. The van der Waals surface area contributed by atoms with Gasteiger partial charge in [-0.05, 0) is 37.3 Å². The van der Waals surface area contributed by atoms with E-state index in [0.29, 0.717) is 4.68 Å². The topological polar surface area (TPSA) is 116 Å². The molecule has 0 spiro atoms. The van der Waals surface area contributed by atoms with Gasteiger partial charge in [-0.2, -0.15) is 18.3 Å². The fraction of sp³-hybridized carbons (Fsp3) is 0.150. The molecule has 32 heavy (non-hydrogen) atoms. The number of nitro groups is 1. The van der Waals surface area contributed by atoms with E-state index in [1.807, 2.05) is 0 Å². The zero-order valence-electron chi connectivity index (χ0n) is 16.4. The molecule has 3 aromatic rings. The van der Waals surface area contributed by atoms with E-state index >= 15 is 0 Å². The van der Waals surface area contributed by atoms with Crippen LogP contribution in [0.5, 0.6) is 0 Å². The molecule has 1 amide bonds. The number of benzene rings is 2. The number of esters is 1. The van der Waals surface area contributed by atoms with Crippen LogP contribution in [0.2, 0.25) is 0 Å². The van der Waals surface area contributed by atoms with Crippen LogP contribution in [-0.4, -0.2) is 33.2 Å². The molecule has 12 heteroatoms. The normalized spacial score (nSPS) is 11.1. The Hall–Kier alpha value is -4.22. The van der Waals surface area contributed by atoms with Crippen molar-refractivity contribution in [3.63, 3.8) is 0 Å². The van der Waals surface area contributed by atoms with Crippen molar-refractivity contribution in [1.29, 1.82) is 0 Å². The molecular formula is C20H15F3N4O5. The van der Waals surface area contributed by atoms with Crippen LogP contribution >= 0.6 is 0 Å². The molecule has 0 radical (unpaired) electrons. The van der Waals surface area contributed by atoms with E-state index in [4.69, 9.17) is 0 Å². The molecule has 1 heterocycles. The van der Waals surface area contributed by atoms with E-state index < -0.39 is 34.2 Å². The minimum absolute atomic E-state index is 0.0310. The van der Waals surface area contributed by atoms with Crippen LogP contribution < -0.4 is 5.32 Å². The first-order valence-corrected chi connectivity index (χ1v) is 9.11. The molecule has 0 bridgehead atoms. The molecule has 2 aromatic carbocycles. The Balaban J connectivity index is 1.89. The number of carbonyl (C=O) groups is 2. The molecule has 0 aliphatic carbocycles. The number of para-hydroxylation sites is 1. The van der Waals surface area contributed by atoms with Gasteiger partial charge < -0.3 is 10.1 Å². The van der Waals surface area contributed by atoms with Crippen LogP contribution in [0.25, 0.3) is 5.69 Å². The molecule has 166 valence electrons. The van der Waals surface area contributed by atoms with Crippen molar-refractivity contribution in [2.75, 3.05) is 11.9 Å². The standard InChI is InChI=1S/C20H15F3N4O5/c1-2-32-19(29)15-11-24-26(17(15)20(21,22)23)13-9-7-12(8-10-13)25-18(28)14-5-3-4-6-16(14)27(30)31/h3-11H,2H2,1H3,(H,25,28).